The van der Waals surface area contributed by atoms with Crippen LogP contribution in [-0.2, 0) is 4.79 Å². The van der Waals surface area contributed by atoms with Gasteiger partial charge in [-0.05, 0) is 30.7 Å². The third-order valence-corrected chi connectivity index (χ3v) is 5.86. The lowest BCUT2D eigenvalue weighted by Crippen LogP contribution is -2.45. The van der Waals surface area contributed by atoms with Crippen molar-refractivity contribution in [2.24, 2.45) is 10.8 Å². The van der Waals surface area contributed by atoms with Crippen LogP contribution < -0.4 is 16.5 Å². The van der Waals surface area contributed by atoms with E-state index in [1.807, 2.05) is 48.5 Å². The first-order chi connectivity index (χ1) is 16.0. The minimum atomic E-state index is -0.667. The monoisotopic (exact) mass is 507 g/mol. The summed E-state index contributed by atoms with van der Waals surface area (Å²) in [5.41, 5.74) is 2.96. The molecule has 33 heavy (non-hydrogen) atoms. The van der Waals surface area contributed by atoms with Crippen LogP contribution in [0.3, 0.4) is 0 Å². The molecule has 1 atom stereocenters. The summed E-state index contributed by atoms with van der Waals surface area (Å²) in [6.45, 7) is 1.74. The number of nitrogens with zero attached hydrogens (tertiary/aromatic N) is 4. The van der Waals surface area contributed by atoms with Crippen molar-refractivity contribution in [2.75, 3.05) is 10.6 Å². The fourth-order valence-corrected chi connectivity index (χ4v) is 4.02. The summed E-state index contributed by atoms with van der Waals surface area (Å²) in [5, 5.41) is 10.8. The number of rotatable bonds is 4. The first-order valence-corrected chi connectivity index (χ1v) is 10.7. The van der Waals surface area contributed by atoms with Crippen LogP contribution >= 0.6 is 15.9 Å². The number of carbonyl (C=O) groups excluding carboxylic acids is 1. The number of nitrogens with one attached hydrogen (secondary N) is 2. The average Bonchev–Trinajstić information content (AvgIpc) is 3.46. The molecule has 1 unspecified atom stereocenters. The number of para-hydroxylation sites is 2. The summed E-state index contributed by atoms with van der Waals surface area (Å²) in [4.78, 5) is 22.4. The third kappa shape index (κ3) is 3.99. The first kappa shape index (κ1) is 20.9. The number of guanidine groups is 1. The highest BCUT2D eigenvalue weighted by Gasteiger charge is 2.34. The van der Waals surface area contributed by atoms with Crippen molar-refractivity contribution in [1.29, 1.82) is 0 Å². The van der Waals surface area contributed by atoms with Gasteiger partial charge in [0.2, 0.25) is 5.96 Å². The number of hydrogen-bond acceptors (Lipinski definition) is 9. The van der Waals surface area contributed by atoms with Gasteiger partial charge >= 0.3 is 6.01 Å². The highest BCUT2D eigenvalue weighted by Crippen LogP contribution is 2.37. The molecule has 11 heteroatoms. The standard InChI is InChI=1S/C22H18BrN7O3/c1-12-18(20(31)26-17-10-11-32-29-17)19(13-6-2-3-7-14(13)23)27-21(30(12)24)28-22-25-15-8-4-5-9-16(15)33-22/h2-11,19H,24H2,1H3,(H,25,27,28)(H,26,29,31). The van der Waals surface area contributed by atoms with Gasteiger partial charge in [0.15, 0.2) is 11.4 Å². The number of hydrazine groups is 1. The predicted molar refractivity (Wildman–Crippen MR) is 126 cm³/mol. The van der Waals surface area contributed by atoms with E-state index in [9.17, 15) is 4.79 Å². The summed E-state index contributed by atoms with van der Waals surface area (Å²) < 4.78 is 11.4. The second-order valence-corrected chi connectivity index (χ2v) is 8.05. The number of aliphatic imine (C=N–C) groups is 1. The van der Waals surface area contributed by atoms with Crippen LogP contribution in [0.2, 0.25) is 0 Å². The van der Waals surface area contributed by atoms with Crippen molar-refractivity contribution >= 4 is 50.7 Å². The summed E-state index contributed by atoms with van der Waals surface area (Å²) in [6, 6.07) is 16.0. The molecule has 4 N–H and O–H groups in total. The van der Waals surface area contributed by atoms with Crippen LogP contribution in [0, 0.1) is 0 Å². The Hall–Kier alpha value is -3.96. The van der Waals surface area contributed by atoms with Gasteiger partial charge in [-0.1, -0.05) is 51.4 Å². The van der Waals surface area contributed by atoms with Gasteiger partial charge in [0.25, 0.3) is 5.91 Å². The minimum absolute atomic E-state index is 0.236. The number of nitrogens with two attached hydrogens (primary N) is 1. The van der Waals surface area contributed by atoms with Crippen molar-refractivity contribution in [2.45, 2.75) is 13.0 Å². The van der Waals surface area contributed by atoms with Crippen molar-refractivity contribution in [3.05, 3.63) is 82.2 Å². The number of anilines is 2. The number of aromatic nitrogens is 2. The SMILES string of the molecule is CC1=C(C(=O)Nc2ccon2)C(c2ccccc2Br)N=C(Nc2nc3ccccc3o2)N1N. The molecule has 1 amide bonds. The van der Waals surface area contributed by atoms with Gasteiger partial charge < -0.3 is 14.3 Å². The molecule has 0 radical (unpaired) electrons. The molecule has 1 aliphatic rings. The normalized spacial score (nSPS) is 16.2. The lowest BCUT2D eigenvalue weighted by atomic mass is 9.95. The number of halogens is 1. The second kappa shape index (κ2) is 8.52. The lowest BCUT2D eigenvalue weighted by molar-refractivity contribution is -0.113. The van der Waals surface area contributed by atoms with Crippen LogP contribution in [0.1, 0.15) is 18.5 Å². The highest BCUT2D eigenvalue weighted by molar-refractivity contribution is 9.10. The van der Waals surface area contributed by atoms with Gasteiger partial charge in [0.1, 0.15) is 17.8 Å². The fraction of sp³-hybridized carbons (Fsp3) is 0.0909. The van der Waals surface area contributed by atoms with Crippen molar-refractivity contribution < 1.29 is 13.7 Å². The molecule has 0 fully saturated rings. The second-order valence-electron chi connectivity index (χ2n) is 7.20. The Balaban J connectivity index is 1.54. The van der Waals surface area contributed by atoms with Gasteiger partial charge in [0, 0.05) is 16.2 Å². The van der Waals surface area contributed by atoms with Crippen molar-refractivity contribution in [3.8, 4) is 0 Å². The number of benzene rings is 2. The molecule has 0 saturated carbocycles. The summed E-state index contributed by atoms with van der Waals surface area (Å²) >= 11 is 3.57. The molecular formula is C22H18BrN7O3. The molecule has 1 aliphatic heterocycles. The van der Waals surface area contributed by atoms with Crippen LogP contribution in [0.15, 0.2) is 90.5 Å². The van der Waals surface area contributed by atoms with Crippen LogP contribution in [0.25, 0.3) is 11.1 Å². The number of carbonyl (C=O) groups is 1. The maximum atomic E-state index is 13.2. The smallest absolute Gasteiger partial charge is 0.302 e. The fourth-order valence-electron chi connectivity index (χ4n) is 3.52. The molecule has 0 bridgehead atoms. The summed E-state index contributed by atoms with van der Waals surface area (Å²) in [7, 11) is 0. The van der Waals surface area contributed by atoms with Crippen LogP contribution in [0.4, 0.5) is 11.8 Å². The van der Waals surface area contributed by atoms with Gasteiger partial charge in [0.05, 0.1) is 5.57 Å². The number of fused-ring (bicyclic) bond motifs is 1. The molecule has 10 nitrogen and oxygen atoms in total. The summed E-state index contributed by atoms with van der Waals surface area (Å²) in [5.74, 6) is 6.49. The topological polar surface area (TPSA) is 135 Å². The van der Waals surface area contributed by atoms with E-state index in [1.54, 1.807) is 13.0 Å². The Morgan fingerprint density at radius 1 is 1.15 bits per heavy atom. The zero-order valence-corrected chi connectivity index (χ0v) is 18.9. The average molecular weight is 508 g/mol. The van der Waals surface area contributed by atoms with Crippen molar-refractivity contribution in [3.63, 3.8) is 0 Å². The van der Waals surface area contributed by atoms with E-state index >= 15 is 0 Å². The number of allylic oxidation sites excluding steroid dienone is 1. The van der Waals surface area contributed by atoms with E-state index in [2.05, 4.69) is 36.7 Å². The molecule has 2 aromatic carbocycles. The molecule has 166 valence electrons. The molecule has 0 aliphatic carbocycles. The third-order valence-electron chi connectivity index (χ3n) is 5.14. The van der Waals surface area contributed by atoms with Crippen LogP contribution in [-0.4, -0.2) is 27.0 Å². The summed E-state index contributed by atoms with van der Waals surface area (Å²) in [6.07, 6.45) is 1.37. The minimum Gasteiger partial charge on any atom is -0.423 e. The first-order valence-electron chi connectivity index (χ1n) is 9.93. The molecule has 0 saturated heterocycles. The Kier molecular flexibility index (Phi) is 5.40. The quantitative estimate of drug-likeness (QED) is 0.350. The lowest BCUT2D eigenvalue weighted by Gasteiger charge is -2.32. The Bertz CT molecular complexity index is 1360. The molecule has 5 rings (SSSR count). The van der Waals surface area contributed by atoms with Gasteiger partial charge in [-0.2, -0.15) is 4.98 Å². The maximum absolute atomic E-state index is 13.2. The molecule has 0 spiro atoms. The molecule has 3 heterocycles. The predicted octanol–water partition coefficient (Wildman–Crippen LogP) is 4.19. The highest BCUT2D eigenvalue weighted by atomic mass is 79.9. The Labute approximate surface area is 196 Å². The van der Waals surface area contributed by atoms with E-state index in [0.717, 1.165) is 10.0 Å². The van der Waals surface area contributed by atoms with Gasteiger partial charge in [-0.15, -0.1) is 0 Å². The van der Waals surface area contributed by atoms with E-state index in [-0.39, 0.29) is 17.8 Å². The number of hydrogen-bond donors (Lipinski definition) is 3. The maximum Gasteiger partial charge on any atom is 0.302 e. The van der Waals surface area contributed by atoms with Gasteiger partial charge in [-0.25, -0.2) is 10.8 Å². The van der Waals surface area contributed by atoms with Crippen molar-refractivity contribution in [1.82, 2.24) is 15.1 Å². The van der Waals surface area contributed by atoms with E-state index in [4.69, 9.17) is 19.8 Å². The Morgan fingerprint density at radius 3 is 2.70 bits per heavy atom. The number of oxazole rings is 1. The number of amides is 1. The zero-order chi connectivity index (χ0) is 22.9. The molecule has 4 aromatic rings. The van der Waals surface area contributed by atoms with Gasteiger partial charge in [-0.3, -0.25) is 15.1 Å². The van der Waals surface area contributed by atoms with E-state index < -0.39 is 11.9 Å². The Morgan fingerprint density at radius 2 is 1.94 bits per heavy atom. The largest absolute Gasteiger partial charge is 0.423 e. The van der Waals surface area contributed by atoms with E-state index in [1.165, 1.54) is 11.3 Å². The molecular weight excluding hydrogens is 490 g/mol. The van der Waals surface area contributed by atoms with Crippen LogP contribution in [0.5, 0.6) is 0 Å². The zero-order valence-electron chi connectivity index (χ0n) is 17.3. The molecule has 2 aromatic heterocycles. The van der Waals surface area contributed by atoms with E-state index in [0.29, 0.717) is 22.4 Å².